The second kappa shape index (κ2) is 8.15. The third-order valence-corrected chi connectivity index (χ3v) is 3.95. The zero-order valence-electron chi connectivity index (χ0n) is 14.7. The Morgan fingerprint density at radius 1 is 1.19 bits per heavy atom. The lowest BCUT2D eigenvalue weighted by Crippen LogP contribution is -2.32. The quantitative estimate of drug-likeness (QED) is 0.602. The number of pyridine rings is 1. The number of fused-ring (bicyclic) bond motifs is 1. The van der Waals surface area contributed by atoms with Crippen molar-refractivity contribution in [3.05, 3.63) is 65.5 Å². The third-order valence-electron chi connectivity index (χ3n) is 3.95. The minimum absolute atomic E-state index is 0.305. The van der Waals surface area contributed by atoms with Gasteiger partial charge >= 0.3 is 6.03 Å². The number of aromatic nitrogens is 1. The molecule has 6 nitrogen and oxygen atoms in total. The van der Waals surface area contributed by atoms with Gasteiger partial charge in [-0.2, -0.15) is 5.26 Å². The van der Waals surface area contributed by atoms with Crippen molar-refractivity contribution in [2.45, 2.75) is 6.92 Å². The summed E-state index contributed by atoms with van der Waals surface area (Å²) in [6.07, 6.45) is 0. The summed E-state index contributed by atoms with van der Waals surface area (Å²) in [6, 6.07) is 14.9. The van der Waals surface area contributed by atoms with E-state index in [4.69, 9.17) is 0 Å². The van der Waals surface area contributed by atoms with Crippen LogP contribution in [0, 0.1) is 24.1 Å². The van der Waals surface area contributed by atoms with E-state index >= 15 is 0 Å². The molecular formula is C20H18FN5O. The molecule has 2 aromatic carbocycles. The van der Waals surface area contributed by atoms with Crippen molar-refractivity contribution < 1.29 is 9.18 Å². The molecule has 0 unspecified atom stereocenters. The third kappa shape index (κ3) is 4.50. The second-order valence-corrected chi connectivity index (χ2v) is 5.96. The molecule has 0 aliphatic heterocycles. The van der Waals surface area contributed by atoms with Gasteiger partial charge in [0.1, 0.15) is 17.7 Å². The van der Waals surface area contributed by atoms with Crippen LogP contribution in [0.15, 0.2) is 48.5 Å². The normalized spacial score (nSPS) is 10.3. The molecule has 2 amide bonds. The van der Waals surface area contributed by atoms with Crippen molar-refractivity contribution in [3.8, 4) is 6.07 Å². The van der Waals surface area contributed by atoms with E-state index in [1.54, 1.807) is 12.1 Å². The number of nitrogens with one attached hydrogen (secondary N) is 3. The van der Waals surface area contributed by atoms with Gasteiger partial charge in [-0.3, -0.25) is 0 Å². The van der Waals surface area contributed by atoms with Crippen molar-refractivity contribution in [2.24, 2.45) is 0 Å². The number of urea groups is 1. The number of nitriles is 1. The average Bonchev–Trinajstić information content (AvgIpc) is 2.65. The highest BCUT2D eigenvalue weighted by atomic mass is 19.1. The molecule has 0 fully saturated rings. The highest BCUT2D eigenvalue weighted by molar-refractivity contribution is 5.89. The minimum atomic E-state index is -0.440. The van der Waals surface area contributed by atoms with Gasteiger partial charge in [0.25, 0.3) is 0 Å². The first-order valence-corrected chi connectivity index (χ1v) is 8.41. The Morgan fingerprint density at radius 3 is 2.78 bits per heavy atom. The summed E-state index contributed by atoms with van der Waals surface area (Å²) < 4.78 is 13.1. The first-order chi connectivity index (χ1) is 13.1. The molecular weight excluding hydrogens is 345 g/mol. The summed E-state index contributed by atoms with van der Waals surface area (Å²) in [5.74, 6) is 0.0582. The van der Waals surface area contributed by atoms with Crippen LogP contribution in [0.2, 0.25) is 0 Å². The van der Waals surface area contributed by atoms with Crippen LogP contribution in [-0.2, 0) is 0 Å². The summed E-state index contributed by atoms with van der Waals surface area (Å²) in [5.41, 5.74) is 2.67. The number of halogens is 1. The lowest BCUT2D eigenvalue weighted by Gasteiger charge is -2.11. The predicted molar refractivity (Wildman–Crippen MR) is 103 cm³/mol. The van der Waals surface area contributed by atoms with Crippen LogP contribution in [0.3, 0.4) is 0 Å². The van der Waals surface area contributed by atoms with Crippen LogP contribution >= 0.6 is 0 Å². The molecule has 0 atom stereocenters. The average molecular weight is 363 g/mol. The molecule has 0 bridgehead atoms. The first-order valence-electron chi connectivity index (χ1n) is 8.41. The zero-order valence-corrected chi connectivity index (χ0v) is 14.7. The Bertz CT molecular complexity index is 1030. The number of benzene rings is 2. The van der Waals surface area contributed by atoms with Crippen LogP contribution in [0.5, 0.6) is 0 Å². The number of para-hydroxylation sites is 1. The van der Waals surface area contributed by atoms with Crippen molar-refractivity contribution in [1.29, 1.82) is 5.26 Å². The number of carbonyl (C=O) groups is 1. The van der Waals surface area contributed by atoms with E-state index in [0.29, 0.717) is 30.2 Å². The van der Waals surface area contributed by atoms with Crippen LogP contribution in [0.25, 0.3) is 10.9 Å². The molecule has 3 rings (SSSR count). The topological polar surface area (TPSA) is 89.8 Å². The molecule has 0 saturated heterocycles. The van der Waals surface area contributed by atoms with Gasteiger partial charge in [-0.15, -0.1) is 0 Å². The Balaban J connectivity index is 1.58. The molecule has 0 spiro atoms. The van der Waals surface area contributed by atoms with Crippen LogP contribution < -0.4 is 16.0 Å². The lowest BCUT2D eigenvalue weighted by molar-refractivity contribution is 0.252. The monoisotopic (exact) mass is 363 g/mol. The summed E-state index contributed by atoms with van der Waals surface area (Å²) in [5, 5.41) is 18.5. The molecule has 136 valence electrons. The maximum absolute atomic E-state index is 13.1. The molecule has 0 aliphatic carbocycles. The Kier molecular flexibility index (Phi) is 5.47. The molecule has 0 saturated carbocycles. The highest BCUT2D eigenvalue weighted by Crippen LogP contribution is 2.22. The number of aryl methyl sites for hydroxylation is 1. The van der Waals surface area contributed by atoms with Gasteiger partial charge in [-0.1, -0.05) is 24.3 Å². The van der Waals surface area contributed by atoms with E-state index < -0.39 is 11.8 Å². The van der Waals surface area contributed by atoms with Gasteiger partial charge in [0.2, 0.25) is 0 Å². The summed E-state index contributed by atoms with van der Waals surface area (Å²) in [4.78, 5) is 16.4. The fraction of sp³-hybridized carbons (Fsp3) is 0.150. The SMILES string of the molecule is Cc1cccc2cc(C#N)c(NCCNC(=O)Nc3cccc(F)c3)nc12. The number of nitrogens with zero attached hydrogens (tertiary/aromatic N) is 2. The summed E-state index contributed by atoms with van der Waals surface area (Å²) in [6.45, 7) is 2.65. The lowest BCUT2D eigenvalue weighted by atomic mass is 10.1. The van der Waals surface area contributed by atoms with Crippen LogP contribution in [0.1, 0.15) is 11.1 Å². The fourth-order valence-corrected chi connectivity index (χ4v) is 2.67. The van der Waals surface area contributed by atoms with Gasteiger partial charge < -0.3 is 16.0 Å². The van der Waals surface area contributed by atoms with E-state index in [1.165, 1.54) is 18.2 Å². The van der Waals surface area contributed by atoms with Crippen LogP contribution in [-0.4, -0.2) is 24.1 Å². The highest BCUT2D eigenvalue weighted by Gasteiger charge is 2.08. The van der Waals surface area contributed by atoms with E-state index in [2.05, 4.69) is 27.0 Å². The largest absolute Gasteiger partial charge is 0.367 e. The van der Waals surface area contributed by atoms with Crippen molar-refractivity contribution in [2.75, 3.05) is 23.7 Å². The summed E-state index contributed by atoms with van der Waals surface area (Å²) in [7, 11) is 0. The molecule has 3 N–H and O–H groups in total. The smallest absolute Gasteiger partial charge is 0.319 e. The number of anilines is 2. The van der Waals surface area contributed by atoms with Gasteiger partial charge in [0.05, 0.1) is 11.1 Å². The Hall–Kier alpha value is -3.66. The number of rotatable bonds is 5. The van der Waals surface area contributed by atoms with Gasteiger partial charge in [-0.05, 0) is 36.8 Å². The second-order valence-electron chi connectivity index (χ2n) is 5.96. The zero-order chi connectivity index (χ0) is 19.2. The van der Waals surface area contributed by atoms with Gasteiger partial charge in [-0.25, -0.2) is 14.2 Å². The number of hydrogen-bond donors (Lipinski definition) is 3. The van der Waals surface area contributed by atoms with Gasteiger partial charge in [0, 0.05) is 24.2 Å². The predicted octanol–water partition coefficient (Wildman–Crippen LogP) is 3.79. The van der Waals surface area contributed by atoms with Gasteiger partial charge in [0.15, 0.2) is 0 Å². The standard InChI is InChI=1S/C20H18FN5O/c1-13-4-2-5-14-10-15(12-22)19(26-18(13)14)23-8-9-24-20(27)25-17-7-3-6-16(21)11-17/h2-7,10-11H,8-9H2,1H3,(H,23,26)(H2,24,25,27). The summed E-state index contributed by atoms with van der Waals surface area (Å²) >= 11 is 0. The molecule has 1 aromatic heterocycles. The molecule has 3 aromatic rings. The maximum Gasteiger partial charge on any atom is 0.319 e. The van der Waals surface area contributed by atoms with Crippen molar-refractivity contribution >= 4 is 28.4 Å². The number of amides is 2. The van der Waals surface area contributed by atoms with E-state index in [9.17, 15) is 14.4 Å². The maximum atomic E-state index is 13.1. The van der Waals surface area contributed by atoms with Crippen molar-refractivity contribution in [1.82, 2.24) is 10.3 Å². The Labute approximate surface area is 156 Å². The van der Waals surface area contributed by atoms with E-state index in [1.807, 2.05) is 25.1 Å². The fourth-order valence-electron chi connectivity index (χ4n) is 2.67. The Morgan fingerprint density at radius 2 is 2.00 bits per heavy atom. The minimum Gasteiger partial charge on any atom is -0.367 e. The number of hydrogen-bond acceptors (Lipinski definition) is 4. The van der Waals surface area contributed by atoms with Crippen molar-refractivity contribution in [3.63, 3.8) is 0 Å². The first kappa shape index (κ1) is 18.1. The van der Waals surface area contributed by atoms with E-state index in [-0.39, 0.29) is 0 Å². The van der Waals surface area contributed by atoms with E-state index in [0.717, 1.165) is 16.5 Å². The molecule has 0 aliphatic rings. The molecule has 0 radical (unpaired) electrons. The van der Waals surface area contributed by atoms with Crippen LogP contribution in [0.4, 0.5) is 20.7 Å². The molecule has 1 heterocycles. The molecule has 27 heavy (non-hydrogen) atoms. The molecule has 7 heteroatoms. The number of carbonyl (C=O) groups excluding carboxylic acids is 1.